The van der Waals surface area contributed by atoms with Crippen LogP contribution in [0.1, 0.15) is 0 Å². The predicted octanol–water partition coefficient (Wildman–Crippen LogP) is 9.42. The second kappa shape index (κ2) is 14.3. The van der Waals surface area contributed by atoms with Crippen molar-refractivity contribution < 1.29 is 44.0 Å². The van der Waals surface area contributed by atoms with Crippen molar-refractivity contribution >= 4 is 102 Å². The van der Waals surface area contributed by atoms with E-state index >= 15 is 0 Å². The number of hydrogen-bond acceptors (Lipinski definition) is 14. The standard InChI is InChI=1S/C36H25N7O10S3/c37-21-8-10-25-20(16-21)17-34(56(51,52)53)35(36(25)44)43-42-32-14-15-33(29-19-24(55(48,49)50)9-11-28(29)32)41-40-31-13-12-30(26-6-1-2-7-27(26)31)39-38-22-4-3-5-23(18-22)54(45,46)47/h1-19,44H,37H2,(H,45,46,47)(H,48,49,50)(H,51,52,53). The van der Waals surface area contributed by atoms with Gasteiger partial charge in [-0.25, -0.2) is 0 Å². The molecule has 20 heteroatoms. The van der Waals surface area contributed by atoms with E-state index in [9.17, 15) is 44.0 Å². The molecule has 0 aromatic heterocycles. The monoisotopic (exact) mass is 811 g/mol. The SMILES string of the molecule is Nc1ccc2c(O)c(N=Nc3ccc(N=Nc4ccc(N=Nc5cccc(S(=O)(=O)O)c5)c5ccccc45)c4cc(S(=O)(=O)O)ccc34)c(S(=O)(=O)O)cc2c1. The van der Waals surface area contributed by atoms with Crippen molar-refractivity contribution in [2.45, 2.75) is 14.7 Å². The maximum Gasteiger partial charge on any atom is 0.296 e. The number of phenols is 1. The van der Waals surface area contributed by atoms with Gasteiger partial charge in [0.1, 0.15) is 10.6 Å². The van der Waals surface area contributed by atoms with Gasteiger partial charge in [0.05, 0.1) is 38.2 Å². The summed E-state index contributed by atoms with van der Waals surface area (Å²) in [6.07, 6.45) is 0. The molecule has 0 saturated heterocycles. The summed E-state index contributed by atoms with van der Waals surface area (Å²) in [6, 6.07) is 27.3. The summed E-state index contributed by atoms with van der Waals surface area (Å²) in [5, 5.41) is 38.2. The second-order valence-corrected chi connectivity index (χ2v) is 16.3. The lowest BCUT2D eigenvalue weighted by Gasteiger charge is -2.10. The van der Waals surface area contributed by atoms with Gasteiger partial charge in [-0.05, 0) is 84.2 Å². The Morgan fingerprint density at radius 2 is 0.964 bits per heavy atom. The van der Waals surface area contributed by atoms with E-state index in [4.69, 9.17) is 5.73 Å². The van der Waals surface area contributed by atoms with Gasteiger partial charge in [0.25, 0.3) is 30.4 Å². The fourth-order valence-corrected chi connectivity index (χ4v) is 7.45. The highest BCUT2D eigenvalue weighted by molar-refractivity contribution is 7.86. The van der Waals surface area contributed by atoms with Gasteiger partial charge in [0.2, 0.25) is 0 Å². The van der Waals surface area contributed by atoms with E-state index in [1.54, 1.807) is 36.4 Å². The molecule has 56 heavy (non-hydrogen) atoms. The van der Waals surface area contributed by atoms with Gasteiger partial charge >= 0.3 is 0 Å². The number of phenolic OH excluding ortho intramolecular Hbond substituents is 1. The smallest absolute Gasteiger partial charge is 0.296 e. The first-order valence-electron chi connectivity index (χ1n) is 15.9. The zero-order valence-corrected chi connectivity index (χ0v) is 30.6. The summed E-state index contributed by atoms with van der Waals surface area (Å²) in [5.74, 6) is -0.603. The highest BCUT2D eigenvalue weighted by Crippen LogP contribution is 2.43. The predicted molar refractivity (Wildman–Crippen MR) is 206 cm³/mol. The first-order valence-corrected chi connectivity index (χ1v) is 20.2. The van der Waals surface area contributed by atoms with Gasteiger partial charge in [-0.3, -0.25) is 13.7 Å². The number of nitrogens with two attached hydrogens (primary N) is 1. The molecule has 0 aliphatic rings. The maximum absolute atomic E-state index is 12.3. The molecule has 7 aromatic rings. The summed E-state index contributed by atoms with van der Waals surface area (Å²) < 4.78 is 101. The minimum absolute atomic E-state index is 0.0567. The largest absolute Gasteiger partial charge is 0.505 e. The molecule has 0 bridgehead atoms. The molecule has 282 valence electrons. The first kappa shape index (κ1) is 37.8. The molecule has 0 spiro atoms. The average molecular weight is 812 g/mol. The minimum atomic E-state index is -4.93. The molecule has 6 N–H and O–H groups in total. The Morgan fingerprint density at radius 3 is 1.55 bits per heavy atom. The van der Waals surface area contributed by atoms with Crippen LogP contribution >= 0.6 is 0 Å². The number of azo groups is 3. The highest BCUT2D eigenvalue weighted by atomic mass is 32.2. The number of hydrogen-bond donors (Lipinski definition) is 5. The number of benzene rings is 7. The van der Waals surface area contributed by atoms with Gasteiger partial charge < -0.3 is 10.8 Å². The van der Waals surface area contributed by atoms with Gasteiger partial charge in [-0.1, -0.05) is 36.4 Å². The van der Waals surface area contributed by atoms with Crippen LogP contribution in [0.2, 0.25) is 0 Å². The van der Waals surface area contributed by atoms with E-state index in [1.165, 1.54) is 54.6 Å². The van der Waals surface area contributed by atoms with Crippen molar-refractivity contribution in [2.24, 2.45) is 30.7 Å². The van der Waals surface area contributed by atoms with Crippen molar-refractivity contribution in [3.05, 3.63) is 115 Å². The third-order valence-corrected chi connectivity index (χ3v) is 10.9. The van der Waals surface area contributed by atoms with Gasteiger partial charge in [0, 0.05) is 32.6 Å². The van der Waals surface area contributed by atoms with Crippen LogP contribution in [-0.2, 0) is 30.4 Å². The summed E-state index contributed by atoms with van der Waals surface area (Å²) in [6.45, 7) is 0. The van der Waals surface area contributed by atoms with Crippen LogP contribution in [0.25, 0.3) is 32.3 Å². The molecular formula is C36H25N7O10S3. The van der Waals surface area contributed by atoms with Crippen molar-refractivity contribution in [1.29, 1.82) is 0 Å². The van der Waals surface area contributed by atoms with Crippen molar-refractivity contribution in [3.8, 4) is 5.75 Å². The number of anilines is 1. The topological polar surface area (TPSA) is 284 Å². The fourth-order valence-electron chi connectivity index (χ4n) is 5.77. The lowest BCUT2D eigenvalue weighted by atomic mass is 10.1. The van der Waals surface area contributed by atoms with Gasteiger partial charge in [-0.15, -0.1) is 25.6 Å². The lowest BCUT2D eigenvalue weighted by Crippen LogP contribution is -1.99. The summed E-state index contributed by atoms with van der Waals surface area (Å²) in [4.78, 5) is -1.56. The summed E-state index contributed by atoms with van der Waals surface area (Å²) in [5.41, 5.74) is 6.62. The fraction of sp³-hybridized carbons (Fsp3) is 0. The quantitative estimate of drug-likeness (QED) is 0.0519. The van der Waals surface area contributed by atoms with E-state index < -0.39 is 51.6 Å². The molecule has 0 fully saturated rings. The highest BCUT2D eigenvalue weighted by Gasteiger charge is 2.23. The molecule has 0 atom stereocenters. The summed E-state index contributed by atoms with van der Waals surface area (Å²) >= 11 is 0. The zero-order valence-electron chi connectivity index (χ0n) is 28.2. The van der Waals surface area contributed by atoms with Crippen LogP contribution in [0.5, 0.6) is 5.75 Å². The van der Waals surface area contributed by atoms with Crippen LogP contribution in [0.15, 0.2) is 161 Å². The Labute approximate surface area is 317 Å². The minimum Gasteiger partial charge on any atom is -0.505 e. The molecular weight excluding hydrogens is 787 g/mol. The van der Waals surface area contributed by atoms with Crippen LogP contribution in [0, 0.1) is 0 Å². The third-order valence-electron chi connectivity index (χ3n) is 8.38. The third kappa shape index (κ3) is 7.68. The molecule has 0 heterocycles. The lowest BCUT2D eigenvalue weighted by molar-refractivity contribution is 0.472. The molecule has 0 unspecified atom stereocenters. The normalized spacial score (nSPS) is 12.9. The van der Waals surface area contributed by atoms with Crippen LogP contribution in [0.3, 0.4) is 0 Å². The molecule has 0 saturated carbocycles. The Balaban J connectivity index is 1.30. The Hall–Kier alpha value is -6.55. The Kier molecular flexibility index (Phi) is 9.62. The van der Waals surface area contributed by atoms with Crippen molar-refractivity contribution in [1.82, 2.24) is 0 Å². The number of nitrogen functional groups attached to an aromatic ring is 1. The van der Waals surface area contributed by atoms with E-state index in [2.05, 4.69) is 30.7 Å². The Bertz CT molecular complexity index is 3210. The number of rotatable bonds is 9. The molecule has 0 aliphatic heterocycles. The van der Waals surface area contributed by atoms with Crippen LogP contribution < -0.4 is 5.73 Å². The molecule has 7 aromatic carbocycles. The maximum atomic E-state index is 12.3. The number of aromatic hydroxyl groups is 1. The second-order valence-electron chi connectivity index (χ2n) is 12.0. The molecule has 0 amide bonds. The number of nitrogens with zero attached hydrogens (tertiary/aromatic N) is 6. The number of fused-ring (bicyclic) bond motifs is 3. The van der Waals surface area contributed by atoms with E-state index in [0.29, 0.717) is 22.1 Å². The molecule has 17 nitrogen and oxygen atoms in total. The van der Waals surface area contributed by atoms with Crippen LogP contribution in [-0.4, -0.2) is 44.0 Å². The van der Waals surface area contributed by atoms with Crippen molar-refractivity contribution in [2.75, 3.05) is 5.73 Å². The molecule has 7 rings (SSSR count). The molecule has 0 radical (unpaired) electrons. The van der Waals surface area contributed by atoms with E-state index in [0.717, 1.165) is 24.3 Å². The summed E-state index contributed by atoms with van der Waals surface area (Å²) in [7, 11) is -14.1. The zero-order chi connectivity index (χ0) is 40.0. The average Bonchev–Trinajstić information content (AvgIpc) is 3.15. The Morgan fingerprint density at radius 1 is 0.446 bits per heavy atom. The van der Waals surface area contributed by atoms with Gasteiger partial charge in [0.15, 0.2) is 5.75 Å². The van der Waals surface area contributed by atoms with Crippen LogP contribution in [0.4, 0.5) is 39.8 Å². The van der Waals surface area contributed by atoms with E-state index in [-0.39, 0.29) is 49.2 Å². The van der Waals surface area contributed by atoms with E-state index in [1.807, 2.05) is 0 Å². The van der Waals surface area contributed by atoms with Gasteiger partial charge in [-0.2, -0.15) is 30.4 Å². The molecule has 0 aliphatic carbocycles. The van der Waals surface area contributed by atoms with Crippen molar-refractivity contribution in [3.63, 3.8) is 0 Å². The first-order chi connectivity index (χ1) is 26.5.